The van der Waals surface area contributed by atoms with Crippen LogP contribution in [0, 0.1) is 23.7 Å². The van der Waals surface area contributed by atoms with Gasteiger partial charge in [-0.05, 0) is 109 Å². The highest BCUT2D eigenvalue weighted by atomic mass is 35.5. The molecule has 4 aliphatic rings. The highest BCUT2D eigenvalue weighted by Gasteiger charge is 2.51. The van der Waals surface area contributed by atoms with Crippen molar-refractivity contribution >= 4 is 50.7 Å². The third-order valence-corrected chi connectivity index (χ3v) is 12.5. The number of carbonyl (C=O) groups is 2. The van der Waals surface area contributed by atoms with Crippen LogP contribution in [0.1, 0.15) is 69.1 Å². The average molecular weight is 725 g/mol. The third-order valence-electron chi connectivity index (χ3n) is 10.8. The number of rotatable bonds is 13. The summed E-state index contributed by atoms with van der Waals surface area (Å²) in [4.78, 5) is 29.8. The minimum absolute atomic E-state index is 0.00993. The van der Waals surface area contributed by atoms with E-state index >= 15 is 0 Å². The summed E-state index contributed by atoms with van der Waals surface area (Å²) in [6, 6.07) is 21.4. The van der Waals surface area contributed by atoms with E-state index in [0.29, 0.717) is 27.8 Å². The van der Waals surface area contributed by atoms with E-state index in [0.717, 1.165) is 33.9 Å². The highest BCUT2D eigenvalue weighted by molar-refractivity contribution is 7.92. The van der Waals surface area contributed by atoms with Gasteiger partial charge in [0.2, 0.25) is 21.8 Å². The van der Waals surface area contributed by atoms with Gasteiger partial charge in [0.1, 0.15) is 12.6 Å². The first kappa shape index (κ1) is 35.7. The van der Waals surface area contributed by atoms with Gasteiger partial charge in [-0.3, -0.25) is 13.9 Å². The molecule has 1 atom stereocenters. The number of benzene rings is 3. The summed E-state index contributed by atoms with van der Waals surface area (Å²) in [5.41, 5.74) is 3.34. The third kappa shape index (κ3) is 8.29. The van der Waals surface area contributed by atoms with Crippen LogP contribution in [0.4, 0.5) is 5.69 Å². The Kier molecular flexibility index (Phi) is 10.7. The Morgan fingerprint density at radius 1 is 0.898 bits per heavy atom. The summed E-state index contributed by atoms with van der Waals surface area (Å²) in [6.07, 6.45) is 9.01. The van der Waals surface area contributed by atoms with E-state index < -0.39 is 28.5 Å². The van der Waals surface area contributed by atoms with Crippen molar-refractivity contribution in [1.29, 1.82) is 0 Å². The SMILES string of the molecule is CC(C)CNC(=O)[C@@H](Cc1ccccc1)N(Cc1ccc(Cl)cc1Cl)C(=O)CN(c1ccc(C23CC4CC(CC(C4)C2)C3)cc1)S(C)(=O)=O. The van der Waals surface area contributed by atoms with E-state index in [-0.39, 0.29) is 30.2 Å². The lowest BCUT2D eigenvalue weighted by Crippen LogP contribution is -2.53. The van der Waals surface area contributed by atoms with Crippen molar-refractivity contribution in [3.8, 4) is 0 Å². The van der Waals surface area contributed by atoms with Crippen molar-refractivity contribution in [2.24, 2.45) is 23.7 Å². The van der Waals surface area contributed by atoms with Crippen LogP contribution in [0.15, 0.2) is 72.8 Å². The lowest BCUT2D eigenvalue weighted by Gasteiger charge is -2.57. The maximum absolute atomic E-state index is 14.5. The van der Waals surface area contributed by atoms with Crippen LogP contribution in [0.5, 0.6) is 0 Å². The topological polar surface area (TPSA) is 86.8 Å². The van der Waals surface area contributed by atoms with Crippen LogP contribution in [0.3, 0.4) is 0 Å². The Bertz CT molecular complexity index is 1730. The van der Waals surface area contributed by atoms with Gasteiger partial charge in [0.15, 0.2) is 0 Å². The van der Waals surface area contributed by atoms with Crippen LogP contribution in [0.25, 0.3) is 0 Å². The molecule has 0 radical (unpaired) electrons. The number of hydrogen-bond acceptors (Lipinski definition) is 4. The maximum Gasteiger partial charge on any atom is 0.244 e. The van der Waals surface area contributed by atoms with E-state index in [1.807, 2.05) is 56.3 Å². The van der Waals surface area contributed by atoms with Crippen LogP contribution in [-0.4, -0.2) is 50.5 Å². The number of hydrogen-bond donors (Lipinski definition) is 1. The van der Waals surface area contributed by atoms with Crippen LogP contribution in [-0.2, 0) is 38.0 Å². The van der Waals surface area contributed by atoms with Crippen molar-refractivity contribution < 1.29 is 18.0 Å². The predicted molar refractivity (Wildman–Crippen MR) is 197 cm³/mol. The summed E-state index contributed by atoms with van der Waals surface area (Å²) in [5.74, 6) is 1.73. The monoisotopic (exact) mass is 723 g/mol. The van der Waals surface area contributed by atoms with E-state index in [2.05, 4.69) is 17.4 Å². The molecule has 0 heterocycles. The van der Waals surface area contributed by atoms with Gasteiger partial charge in [-0.15, -0.1) is 0 Å². The molecule has 4 bridgehead atoms. The molecule has 4 saturated carbocycles. The van der Waals surface area contributed by atoms with E-state index in [1.54, 1.807) is 18.2 Å². The Morgan fingerprint density at radius 3 is 2.06 bits per heavy atom. The zero-order valence-electron chi connectivity index (χ0n) is 28.6. The molecular formula is C39H47Cl2N3O4S. The fourth-order valence-electron chi connectivity index (χ4n) is 8.87. The second-order valence-electron chi connectivity index (χ2n) is 15.1. The summed E-state index contributed by atoms with van der Waals surface area (Å²) in [7, 11) is -3.88. The lowest BCUT2D eigenvalue weighted by atomic mass is 9.48. The number of halogens is 2. The van der Waals surface area contributed by atoms with Gasteiger partial charge in [-0.25, -0.2) is 8.42 Å². The standard InChI is InChI=1S/C39H47Cl2N3O4S/c1-26(2)23-42-38(46)36(18-27-7-5-4-6-8-27)43(24-31-9-12-33(40)19-35(31)41)37(45)25-44(49(3,47)48)34-13-10-32(11-14-34)39-20-28-15-29(21-39)17-30(16-28)22-39/h4-14,19,26,28-30,36H,15-18,20-25H2,1-3H3,(H,42,46)/t28?,29?,30?,36-,39?/m1/s1. The number of nitrogens with zero attached hydrogens (tertiary/aromatic N) is 2. The van der Waals surface area contributed by atoms with Gasteiger partial charge in [0.25, 0.3) is 0 Å². The Labute approximate surface area is 301 Å². The first-order valence-electron chi connectivity index (χ1n) is 17.4. The molecule has 262 valence electrons. The summed E-state index contributed by atoms with van der Waals surface area (Å²) in [6.45, 7) is 3.95. The molecule has 0 spiro atoms. The molecule has 3 aromatic rings. The fraction of sp³-hybridized carbons (Fsp3) is 0.487. The first-order valence-corrected chi connectivity index (χ1v) is 20.0. The smallest absolute Gasteiger partial charge is 0.244 e. The molecule has 0 unspecified atom stereocenters. The van der Waals surface area contributed by atoms with Crippen LogP contribution in [0.2, 0.25) is 10.0 Å². The minimum Gasteiger partial charge on any atom is -0.354 e. The second-order valence-corrected chi connectivity index (χ2v) is 17.9. The molecule has 10 heteroatoms. The van der Waals surface area contributed by atoms with Crippen molar-refractivity contribution in [1.82, 2.24) is 10.2 Å². The molecule has 0 aliphatic heterocycles. The predicted octanol–water partition coefficient (Wildman–Crippen LogP) is 7.64. The average Bonchev–Trinajstić information content (AvgIpc) is 3.04. The molecular weight excluding hydrogens is 677 g/mol. The van der Waals surface area contributed by atoms with Gasteiger partial charge >= 0.3 is 0 Å². The zero-order valence-corrected chi connectivity index (χ0v) is 30.9. The van der Waals surface area contributed by atoms with Gasteiger partial charge in [0.05, 0.1) is 11.9 Å². The van der Waals surface area contributed by atoms with E-state index in [4.69, 9.17) is 23.2 Å². The lowest BCUT2D eigenvalue weighted by molar-refractivity contribution is -0.140. The summed E-state index contributed by atoms with van der Waals surface area (Å²) >= 11 is 12.8. The molecule has 4 fully saturated rings. The molecule has 3 aromatic carbocycles. The number of sulfonamides is 1. The normalized spacial score (nSPS) is 23.3. The highest BCUT2D eigenvalue weighted by Crippen LogP contribution is 2.60. The second kappa shape index (κ2) is 14.7. The fourth-order valence-corrected chi connectivity index (χ4v) is 10.2. The van der Waals surface area contributed by atoms with Gasteiger partial charge < -0.3 is 10.2 Å². The molecule has 0 saturated heterocycles. The number of carbonyl (C=O) groups excluding carboxylic acids is 2. The van der Waals surface area contributed by atoms with Crippen LogP contribution < -0.4 is 9.62 Å². The van der Waals surface area contributed by atoms with Gasteiger partial charge in [-0.2, -0.15) is 0 Å². The number of nitrogens with one attached hydrogen (secondary N) is 1. The molecule has 7 nitrogen and oxygen atoms in total. The first-order chi connectivity index (χ1) is 23.3. The Hall–Kier alpha value is -3.07. The van der Waals surface area contributed by atoms with Crippen molar-refractivity contribution in [2.75, 3.05) is 23.7 Å². The molecule has 0 aromatic heterocycles. The summed E-state index contributed by atoms with van der Waals surface area (Å²) < 4.78 is 27.9. The summed E-state index contributed by atoms with van der Waals surface area (Å²) in [5, 5.41) is 3.80. The minimum atomic E-state index is -3.88. The van der Waals surface area contributed by atoms with Crippen molar-refractivity contribution in [3.63, 3.8) is 0 Å². The van der Waals surface area contributed by atoms with Crippen molar-refractivity contribution in [3.05, 3.63) is 99.5 Å². The molecule has 1 N–H and O–H groups in total. The molecule has 7 rings (SSSR count). The maximum atomic E-state index is 14.5. The Morgan fingerprint density at radius 2 is 1.51 bits per heavy atom. The number of amides is 2. The van der Waals surface area contributed by atoms with Gasteiger partial charge in [-0.1, -0.05) is 85.6 Å². The quantitative estimate of drug-likeness (QED) is 0.196. The number of anilines is 1. The van der Waals surface area contributed by atoms with E-state index in [1.165, 1.54) is 49.0 Å². The Balaban J connectivity index is 1.32. The zero-order chi connectivity index (χ0) is 34.9. The molecule has 2 amide bonds. The molecule has 4 aliphatic carbocycles. The largest absolute Gasteiger partial charge is 0.354 e. The molecule has 49 heavy (non-hydrogen) atoms. The van der Waals surface area contributed by atoms with Crippen LogP contribution >= 0.6 is 23.2 Å². The van der Waals surface area contributed by atoms with Crippen molar-refractivity contribution in [2.45, 2.75) is 76.8 Å². The van der Waals surface area contributed by atoms with E-state index in [9.17, 15) is 18.0 Å². The van der Waals surface area contributed by atoms with Gasteiger partial charge in [0, 0.05) is 29.6 Å².